The van der Waals surface area contributed by atoms with Crippen LogP contribution in [0.15, 0.2) is 15.1 Å². The van der Waals surface area contributed by atoms with Crippen molar-refractivity contribution in [2.24, 2.45) is 0 Å². The number of pyridine rings is 1. The maximum atomic E-state index is 12.4. The number of rotatable bonds is 2. The third-order valence-corrected chi connectivity index (χ3v) is 2.46. The minimum absolute atomic E-state index is 0.0202. The predicted octanol–water partition coefficient (Wildman–Crippen LogP) is 3.24. The Balaban J connectivity index is 3.44. The number of aromatic carboxylic acids is 1. The van der Waals surface area contributed by atoms with Crippen LogP contribution < -0.4 is 0 Å². The topological polar surface area (TPSA) is 50.2 Å². The number of halogens is 4. The Hall–Kier alpha value is -0.560. The Morgan fingerprint density at radius 3 is 2.50 bits per heavy atom. The van der Waals surface area contributed by atoms with Gasteiger partial charge in [0.15, 0.2) is 5.69 Å². The molecule has 0 fully saturated rings. The van der Waals surface area contributed by atoms with E-state index in [1.165, 1.54) is 6.07 Å². The van der Waals surface area contributed by atoms with Gasteiger partial charge in [-0.1, -0.05) is 15.9 Å². The molecule has 14 heavy (non-hydrogen) atoms. The summed E-state index contributed by atoms with van der Waals surface area (Å²) in [5.41, 5.74) is -1.26. The van der Waals surface area contributed by atoms with Crippen molar-refractivity contribution < 1.29 is 18.7 Å². The average molecular weight is 331 g/mol. The molecule has 0 amide bonds. The molecule has 76 valence electrons. The summed E-state index contributed by atoms with van der Waals surface area (Å²) in [7, 11) is 0. The quantitative estimate of drug-likeness (QED) is 0.847. The fourth-order valence-corrected chi connectivity index (χ4v) is 2.16. The van der Waals surface area contributed by atoms with E-state index in [-0.39, 0.29) is 9.08 Å². The van der Waals surface area contributed by atoms with E-state index in [2.05, 4.69) is 36.8 Å². The molecule has 0 aromatic carbocycles. The van der Waals surface area contributed by atoms with Crippen molar-refractivity contribution in [1.82, 2.24) is 4.98 Å². The number of carbonyl (C=O) groups is 1. The van der Waals surface area contributed by atoms with Crippen LogP contribution in [0.25, 0.3) is 0 Å². The number of alkyl halides is 2. The van der Waals surface area contributed by atoms with Gasteiger partial charge in [-0.25, -0.2) is 18.6 Å². The van der Waals surface area contributed by atoms with E-state index in [9.17, 15) is 13.6 Å². The van der Waals surface area contributed by atoms with E-state index in [0.717, 1.165) is 0 Å². The molecule has 0 saturated carbocycles. The van der Waals surface area contributed by atoms with E-state index in [1.807, 2.05) is 0 Å². The summed E-state index contributed by atoms with van der Waals surface area (Å²) in [4.78, 5) is 14.1. The Labute approximate surface area is 94.4 Å². The zero-order chi connectivity index (χ0) is 10.9. The lowest BCUT2D eigenvalue weighted by molar-refractivity contribution is 0.0676. The fourth-order valence-electron chi connectivity index (χ4n) is 0.865. The van der Waals surface area contributed by atoms with Gasteiger partial charge < -0.3 is 5.11 Å². The number of hydrogen-bond donors (Lipinski definition) is 1. The second kappa shape index (κ2) is 4.31. The lowest BCUT2D eigenvalue weighted by Gasteiger charge is -2.06. The van der Waals surface area contributed by atoms with Gasteiger partial charge in [0, 0.05) is 4.47 Å². The zero-order valence-electron chi connectivity index (χ0n) is 6.47. The minimum Gasteiger partial charge on any atom is -0.476 e. The molecule has 3 nitrogen and oxygen atoms in total. The van der Waals surface area contributed by atoms with E-state index in [0.29, 0.717) is 0 Å². The smallest absolute Gasteiger partial charge is 0.355 e. The van der Waals surface area contributed by atoms with Gasteiger partial charge in [0.05, 0.1) is 5.56 Å². The van der Waals surface area contributed by atoms with Crippen molar-refractivity contribution in [1.29, 1.82) is 0 Å². The van der Waals surface area contributed by atoms with Gasteiger partial charge in [0.1, 0.15) is 4.60 Å². The van der Waals surface area contributed by atoms with Crippen molar-refractivity contribution in [3.8, 4) is 0 Å². The molecule has 0 spiro atoms. The predicted molar refractivity (Wildman–Crippen MR) is 51.6 cm³/mol. The van der Waals surface area contributed by atoms with Crippen LogP contribution in [0, 0.1) is 0 Å². The molecule has 1 aromatic heterocycles. The van der Waals surface area contributed by atoms with Gasteiger partial charge >= 0.3 is 5.97 Å². The first-order valence-electron chi connectivity index (χ1n) is 3.31. The first-order valence-corrected chi connectivity index (χ1v) is 4.89. The lowest BCUT2D eigenvalue weighted by atomic mass is 10.2. The van der Waals surface area contributed by atoms with Gasteiger partial charge in [-0.3, -0.25) is 0 Å². The molecule has 0 bridgehead atoms. The molecule has 0 saturated heterocycles. The van der Waals surface area contributed by atoms with Crippen molar-refractivity contribution in [3.05, 3.63) is 26.4 Å². The summed E-state index contributed by atoms with van der Waals surface area (Å²) in [6.07, 6.45) is -2.88. The van der Waals surface area contributed by atoms with Gasteiger partial charge in [-0.05, 0) is 22.0 Å². The summed E-state index contributed by atoms with van der Waals surface area (Å²) < 4.78 is 25.1. The van der Waals surface area contributed by atoms with Crippen LogP contribution in [0.1, 0.15) is 22.5 Å². The van der Waals surface area contributed by atoms with Crippen molar-refractivity contribution in [2.45, 2.75) is 6.43 Å². The number of hydrogen-bond acceptors (Lipinski definition) is 2. The minimum atomic E-state index is -2.88. The SMILES string of the molecule is O=C(O)c1nc(Br)cc(Br)c1C(F)F. The second-order valence-corrected chi connectivity index (χ2v) is 3.96. The lowest BCUT2D eigenvalue weighted by Crippen LogP contribution is -2.07. The number of carboxylic acids is 1. The molecule has 1 aromatic rings. The molecular formula is C7H3Br2F2NO2. The molecule has 0 aliphatic rings. The van der Waals surface area contributed by atoms with E-state index in [4.69, 9.17) is 5.11 Å². The fraction of sp³-hybridized carbons (Fsp3) is 0.143. The summed E-state index contributed by atoms with van der Waals surface area (Å²) in [5, 5.41) is 8.63. The standard InChI is InChI=1S/C7H3Br2F2NO2/c8-2-1-3(9)12-5(7(13)14)4(2)6(10)11/h1,6H,(H,13,14). The monoisotopic (exact) mass is 329 g/mol. The Bertz CT molecular complexity index is 384. The highest BCUT2D eigenvalue weighted by molar-refractivity contribution is 9.11. The van der Waals surface area contributed by atoms with Crippen LogP contribution in [0.2, 0.25) is 0 Å². The Morgan fingerprint density at radius 2 is 2.07 bits per heavy atom. The molecule has 0 atom stereocenters. The molecule has 0 aliphatic heterocycles. The van der Waals surface area contributed by atoms with Gasteiger partial charge in [0.2, 0.25) is 0 Å². The van der Waals surface area contributed by atoms with Crippen LogP contribution >= 0.6 is 31.9 Å². The summed E-state index contributed by atoms with van der Waals surface area (Å²) in [6, 6.07) is 1.27. The first kappa shape index (κ1) is 11.5. The van der Waals surface area contributed by atoms with E-state index in [1.54, 1.807) is 0 Å². The van der Waals surface area contributed by atoms with Crippen LogP contribution in [-0.4, -0.2) is 16.1 Å². The Morgan fingerprint density at radius 1 is 1.50 bits per heavy atom. The highest BCUT2D eigenvalue weighted by Crippen LogP contribution is 2.31. The molecule has 1 heterocycles. The van der Waals surface area contributed by atoms with E-state index >= 15 is 0 Å². The number of carboxylic acid groups (broad SMARTS) is 1. The molecular weight excluding hydrogens is 328 g/mol. The zero-order valence-corrected chi connectivity index (χ0v) is 9.64. The van der Waals surface area contributed by atoms with Crippen molar-refractivity contribution in [3.63, 3.8) is 0 Å². The third-order valence-electron chi connectivity index (χ3n) is 1.40. The van der Waals surface area contributed by atoms with Crippen molar-refractivity contribution >= 4 is 37.8 Å². The largest absolute Gasteiger partial charge is 0.476 e. The summed E-state index contributed by atoms with van der Waals surface area (Å²) in [5.74, 6) is -1.48. The highest BCUT2D eigenvalue weighted by Gasteiger charge is 2.23. The molecule has 0 unspecified atom stereocenters. The molecule has 0 aliphatic carbocycles. The Kier molecular flexibility index (Phi) is 3.54. The van der Waals surface area contributed by atoms with Gasteiger partial charge in [-0.15, -0.1) is 0 Å². The van der Waals surface area contributed by atoms with Crippen LogP contribution in [-0.2, 0) is 0 Å². The van der Waals surface area contributed by atoms with Crippen LogP contribution in [0.5, 0.6) is 0 Å². The average Bonchev–Trinajstić information content (AvgIpc) is 2.01. The second-order valence-electron chi connectivity index (χ2n) is 2.29. The maximum absolute atomic E-state index is 12.4. The van der Waals surface area contributed by atoms with Gasteiger partial charge in [0.25, 0.3) is 6.43 Å². The number of nitrogens with zero attached hydrogens (tertiary/aromatic N) is 1. The maximum Gasteiger partial charge on any atom is 0.355 e. The molecule has 7 heteroatoms. The van der Waals surface area contributed by atoms with E-state index < -0.39 is 23.7 Å². The summed E-state index contributed by atoms with van der Waals surface area (Å²) in [6.45, 7) is 0. The highest BCUT2D eigenvalue weighted by atomic mass is 79.9. The third kappa shape index (κ3) is 2.27. The first-order chi connectivity index (χ1) is 6.43. The molecule has 0 radical (unpaired) electrons. The van der Waals surface area contributed by atoms with Gasteiger partial charge in [-0.2, -0.15) is 0 Å². The van der Waals surface area contributed by atoms with Crippen LogP contribution in [0.4, 0.5) is 8.78 Å². The van der Waals surface area contributed by atoms with Crippen LogP contribution in [0.3, 0.4) is 0 Å². The molecule has 1 N–H and O–H groups in total. The van der Waals surface area contributed by atoms with Crippen molar-refractivity contribution in [2.75, 3.05) is 0 Å². The summed E-state index contributed by atoms with van der Waals surface area (Å²) >= 11 is 5.77. The molecule has 1 rings (SSSR count). The number of aromatic nitrogens is 1. The normalized spacial score (nSPS) is 10.6.